The summed E-state index contributed by atoms with van der Waals surface area (Å²) < 4.78 is 15.7. The molecule has 1 heterocycles. The quantitative estimate of drug-likeness (QED) is 0.777. The van der Waals surface area contributed by atoms with Gasteiger partial charge < -0.3 is 24.6 Å². The molecule has 0 radical (unpaired) electrons. The first kappa shape index (κ1) is 18.1. The third kappa shape index (κ3) is 4.61. The third-order valence-electron chi connectivity index (χ3n) is 4.09. The van der Waals surface area contributed by atoms with Crippen LogP contribution in [-0.2, 0) is 20.7 Å². The molecule has 1 saturated heterocycles. The molecule has 7 nitrogen and oxygen atoms in total. The van der Waals surface area contributed by atoms with E-state index in [1.165, 1.54) is 14.2 Å². The Kier molecular flexibility index (Phi) is 6.43. The van der Waals surface area contributed by atoms with Crippen LogP contribution in [0.4, 0.5) is 0 Å². The predicted octanol–water partition coefficient (Wildman–Crippen LogP) is 1.24. The monoisotopic (exact) mass is 337 g/mol. The van der Waals surface area contributed by atoms with Gasteiger partial charge in [0.05, 0.1) is 27.2 Å². The van der Waals surface area contributed by atoms with Crippen molar-refractivity contribution in [2.24, 2.45) is 5.92 Å². The molecule has 1 fully saturated rings. The Bertz CT molecular complexity index is 582. The first-order valence-corrected chi connectivity index (χ1v) is 7.86. The van der Waals surface area contributed by atoms with Crippen molar-refractivity contribution >= 4 is 11.9 Å². The van der Waals surface area contributed by atoms with E-state index < -0.39 is 12.0 Å². The van der Waals surface area contributed by atoms with Gasteiger partial charge in [-0.05, 0) is 31.0 Å². The first-order valence-electron chi connectivity index (χ1n) is 7.86. The van der Waals surface area contributed by atoms with Crippen LogP contribution in [0.25, 0.3) is 0 Å². The van der Waals surface area contributed by atoms with Crippen molar-refractivity contribution < 1.29 is 28.9 Å². The zero-order valence-corrected chi connectivity index (χ0v) is 13.9. The van der Waals surface area contributed by atoms with Crippen molar-refractivity contribution in [2.45, 2.75) is 25.3 Å². The summed E-state index contributed by atoms with van der Waals surface area (Å²) in [6.45, 7) is 0.984. The molecular formula is C17H23NO6. The van der Waals surface area contributed by atoms with Gasteiger partial charge in [0, 0.05) is 18.1 Å². The maximum absolute atomic E-state index is 12.3. The van der Waals surface area contributed by atoms with Gasteiger partial charge in [0.25, 0.3) is 0 Å². The molecule has 24 heavy (non-hydrogen) atoms. The number of methoxy groups -OCH3 is 2. The molecule has 132 valence electrons. The number of carboxylic acid groups (broad SMARTS) is 1. The van der Waals surface area contributed by atoms with Crippen molar-refractivity contribution in [3.05, 3.63) is 23.8 Å². The molecule has 0 aromatic heterocycles. The molecule has 2 N–H and O–H groups in total. The molecule has 0 aliphatic carbocycles. The molecule has 0 spiro atoms. The van der Waals surface area contributed by atoms with Gasteiger partial charge in [-0.15, -0.1) is 0 Å². The fraction of sp³-hybridized carbons (Fsp3) is 0.529. The zero-order chi connectivity index (χ0) is 17.5. The number of hydrogen-bond donors (Lipinski definition) is 2. The maximum Gasteiger partial charge on any atom is 0.326 e. The summed E-state index contributed by atoms with van der Waals surface area (Å²) in [7, 11) is 3.05. The lowest BCUT2D eigenvalue weighted by atomic mass is 9.93. The summed E-state index contributed by atoms with van der Waals surface area (Å²) in [4.78, 5) is 23.8. The smallest absolute Gasteiger partial charge is 0.326 e. The van der Waals surface area contributed by atoms with Crippen molar-refractivity contribution in [1.82, 2.24) is 5.32 Å². The van der Waals surface area contributed by atoms with Crippen LogP contribution in [0.15, 0.2) is 18.2 Å². The number of ether oxygens (including phenoxy) is 3. The summed E-state index contributed by atoms with van der Waals surface area (Å²) in [5, 5.41) is 12.0. The van der Waals surface area contributed by atoms with E-state index >= 15 is 0 Å². The van der Waals surface area contributed by atoms with Crippen LogP contribution in [0.1, 0.15) is 18.4 Å². The average Bonchev–Trinajstić information content (AvgIpc) is 2.60. The van der Waals surface area contributed by atoms with Crippen LogP contribution in [0.5, 0.6) is 11.5 Å². The van der Waals surface area contributed by atoms with E-state index in [1.807, 2.05) is 0 Å². The molecule has 0 saturated carbocycles. The largest absolute Gasteiger partial charge is 0.497 e. The first-order chi connectivity index (χ1) is 11.5. The number of amides is 1. The Morgan fingerprint density at radius 1 is 1.38 bits per heavy atom. The van der Waals surface area contributed by atoms with Gasteiger partial charge in [0.1, 0.15) is 17.5 Å². The lowest BCUT2D eigenvalue weighted by Gasteiger charge is -2.28. The summed E-state index contributed by atoms with van der Waals surface area (Å²) >= 11 is 0. The van der Waals surface area contributed by atoms with Gasteiger partial charge in [-0.2, -0.15) is 0 Å². The second kappa shape index (κ2) is 8.54. The SMILES string of the molecule is COc1ccc(OC)c(CC(=O)NC(C(=O)O)C2CCCOC2)c1. The summed E-state index contributed by atoms with van der Waals surface area (Å²) in [6.07, 6.45) is 1.53. The van der Waals surface area contributed by atoms with E-state index in [9.17, 15) is 14.7 Å². The minimum Gasteiger partial charge on any atom is -0.497 e. The Morgan fingerprint density at radius 3 is 2.75 bits per heavy atom. The number of aliphatic carboxylic acids is 1. The fourth-order valence-corrected chi connectivity index (χ4v) is 2.83. The van der Waals surface area contributed by atoms with E-state index in [0.29, 0.717) is 30.3 Å². The number of carboxylic acids is 1. The number of hydrogen-bond acceptors (Lipinski definition) is 5. The van der Waals surface area contributed by atoms with Crippen LogP contribution < -0.4 is 14.8 Å². The van der Waals surface area contributed by atoms with Crippen LogP contribution in [-0.4, -0.2) is 50.5 Å². The molecule has 1 aliphatic heterocycles. The predicted molar refractivity (Wildman–Crippen MR) is 86.4 cm³/mol. The van der Waals surface area contributed by atoms with E-state index in [2.05, 4.69) is 5.32 Å². The highest BCUT2D eigenvalue weighted by Gasteiger charge is 2.31. The number of carbonyl (C=O) groups is 2. The lowest BCUT2D eigenvalue weighted by Crippen LogP contribution is -2.48. The van der Waals surface area contributed by atoms with Gasteiger partial charge in [0.2, 0.25) is 5.91 Å². The summed E-state index contributed by atoms with van der Waals surface area (Å²) in [6, 6.07) is 4.21. The van der Waals surface area contributed by atoms with Crippen LogP contribution >= 0.6 is 0 Å². The number of nitrogens with one attached hydrogen (secondary N) is 1. The Morgan fingerprint density at radius 2 is 2.17 bits per heavy atom. The van der Waals surface area contributed by atoms with Gasteiger partial charge in [-0.1, -0.05) is 0 Å². The molecule has 0 bridgehead atoms. The average molecular weight is 337 g/mol. The Hall–Kier alpha value is -2.28. The van der Waals surface area contributed by atoms with E-state index in [1.54, 1.807) is 18.2 Å². The fourth-order valence-electron chi connectivity index (χ4n) is 2.83. The lowest BCUT2D eigenvalue weighted by molar-refractivity contribution is -0.145. The number of benzene rings is 1. The van der Waals surface area contributed by atoms with E-state index in [4.69, 9.17) is 14.2 Å². The molecule has 2 unspecified atom stereocenters. The second-order valence-corrected chi connectivity index (χ2v) is 5.72. The van der Waals surface area contributed by atoms with Gasteiger partial charge >= 0.3 is 5.97 Å². The van der Waals surface area contributed by atoms with Gasteiger partial charge in [0.15, 0.2) is 0 Å². The minimum atomic E-state index is -1.04. The number of rotatable bonds is 7. The van der Waals surface area contributed by atoms with Crippen LogP contribution in [0.3, 0.4) is 0 Å². The van der Waals surface area contributed by atoms with Crippen molar-refractivity contribution in [1.29, 1.82) is 0 Å². The van der Waals surface area contributed by atoms with Crippen molar-refractivity contribution in [3.8, 4) is 11.5 Å². The van der Waals surface area contributed by atoms with Crippen molar-refractivity contribution in [3.63, 3.8) is 0 Å². The normalized spacial score (nSPS) is 18.5. The van der Waals surface area contributed by atoms with Crippen molar-refractivity contribution in [2.75, 3.05) is 27.4 Å². The number of carbonyl (C=O) groups excluding carboxylic acids is 1. The molecular weight excluding hydrogens is 314 g/mol. The topological polar surface area (TPSA) is 94.1 Å². The second-order valence-electron chi connectivity index (χ2n) is 5.72. The summed E-state index contributed by atoms with van der Waals surface area (Å²) in [5.74, 6) is -0.476. The molecule has 1 aromatic rings. The highest BCUT2D eigenvalue weighted by Crippen LogP contribution is 2.24. The van der Waals surface area contributed by atoms with Gasteiger partial charge in [-0.25, -0.2) is 4.79 Å². The van der Waals surface area contributed by atoms with E-state index in [0.717, 1.165) is 12.8 Å². The maximum atomic E-state index is 12.3. The van der Waals surface area contributed by atoms with Gasteiger partial charge in [-0.3, -0.25) is 4.79 Å². The molecule has 1 amide bonds. The molecule has 2 atom stereocenters. The molecule has 7 heteroatoms. The zero-order valence-electron chi connectivity index (χ0n) is 13.9. The van der Waals surface area contributed by atoms with E-state index in [-0.39, 0.29) is 18.2 Å². The Balaban J connectivity index is 2.06. The van der Waals surface area contributed by atoms with Crippen LogP contribution in [0.2, 0.25) is 0 Å². The minimum absolute atomic E-state index is 0.0116. The molecule has 2 rings (SSSR count). The molecule has 1 aromatic carbocycles. The molecule has 1 aliphatic rings. The highest BCUT2D eigenvalue weighted by atomic mass is 16.5. The third-order valence-corrected chi connectivity index (χ3v) is 4.09. The highest BCUT2D eigenvalue weighted by molar-refractivity contribution is 5.85. The Labute approximate surface area is 140 Å². The standard InChI is InChI=1S/C17H23NO6/c1-22-13-5-6-14(23-2)12(8-13)9-15(19)18-16(17(20)21)11-4-3-7-24-10-11/h5-6,8,11,16H,3-4,7,9-10H2,1-2H3,(H,18,19)(H,20,21). The van der Waals surface area contributed by atoms with Crippen LogP contribution in [0, 0.1) is 5.92 Å². The summed E-state index contributed by atoms with van der Waals surface area (Å²) in [5.41, 5.74) is 0.637.